The van der Waals surface area contributed by atoms with Gasteiger partial charge in [0.1, 0.15) is 5.82 Å². The Hall–Kier alpha value is -1.83. The van der Waals surface area contributed by atoms with Gasteiger partial charge in [0.15, 0.2) is 0 Å². The van der Waals surface area contributed by atoms with Crippen molar-refractivity contribution < 1.29 is 0 Å². The summed E-state index contributed by atoms with van der Waals surface area (Å²) >= 11 is 0. The molecule has 0 bridgehead atoms. The van der Waals surface area contributed by atoms with Crippen molar-refractivity contribution >= 4 is 5.82 Å². The Labute approximate surface area is 89.8 Å². The van der Waals surface area contributed by atoms with Crippen LogP contribution in [-0.2, 0) is 0 Å². The van der Waals surface area contributed by atoms with Gasteiger partial charge in [-0.25, -0.2) is 4.98 Å². The highest BCUT2D eigenvalue weighted by Gasteiger charge is 2.05. The first-order valence-electron chi connectivity index (χ1n) is 4.97. The molecule has 0 aliphatic heterocycles. The average Bonchev–Trinajstić information content (AvgIpc) is 2.24. The van der Waals surface area contributed by atoms with Crippen molar-refractivity contribution in [3.8, 4) is 11.1 Å². The lowest BCUT2D eigenvalue weighted by molar-refractivity contribution is 1.16. The number of hydrogen-bond acceptors (Lipinski definition) is 2. The molecule has 2 heteroatoms. The van der Waals surface area contributed by atoms with Gasteiger partial charge in [-0.15, -0.1) is 0 Å². The van der Waals surface area contributed by atoms with Crippen LogP contribution in [0.2, 0.25) is 0 Å². The van der Waals surface area contributed by atoms with Gasteiger partial charge in [-0.1, -0.05) is 30.3 Å². The topological polar surface area (TPSA) is 38.9 Å². The molecule has 0 amide bonds. The van der Waals surface area contributed by atoms with E-state index in [1.807, 2.05) is 31.2 Å². The van der Waals surface area contributed by atoms with Gasteiger partial charge < -0.3 is 5.73 Å². The van der Waals surface area contributed by atoms with E-state index in [0.717, 1.165) is 5.69 Å². The third kappa shape index (κ3) is 1.84. The van der Waals surface area contributed by atoms with Crippen molar-refractivity contribution in [2.45, 2.75) is 13.8 Å². The molecule has 2 nitrogen and oxygen atoms in total. The number of aryl methyl sites for hydroxylation is 1. The molecule has 0 radical (unpaired) electrons. The molecule has 2 aromatic rings. The van der Waals surface area contributed by atoms with Gasteiger partial charge in [-0.2, -0.15) is 0 Å². The van der Waals surface area contributed by atoms with Crippen LogP contribution in [0.3, 0.4) is 0 Å². The van der Waals surface area contributed by atoms with E-state index < -0.39 is 0 Å². The Morgan fingerprint density at radius 3 is 2.40 bits per heavy atom. The second-order valence-corrected chi connectivity index (χ2v) is 3.67. The van der Waals surface area contributed by atoms with Crippen LogP contribution in [0.25, 0.3) is 11.1 Å². The molecular formula is C13H14N2. The second kappa shape index (κ2) is 3.73. The molecule has 15 heavy (non-hydrogen) atoms. The number of benzene rings is 1. The molecule has 1 aromatic carbocycles. The fourth-order valence-corrected chi connectivity index (χ4v) is 1.68. The van der Waals surface area contributed by atoms with Crippen LogP contribution in [0, 0.1) is 13.8 Å². The molecule has 0 saturated heterocycles. The Bertz CT molecular complexity index is 475. The van der Waals surface area contributed by atoms with E-state index in [1.165, 1.54) is 16.7 Å². The molecule has 0 spiro atoms. The van der Waals surface area contributed by atoms with Gasteiger partial charge >= 0.3 is 0 Å². The monoisotopic (exact) mass is 198 g/mol. The fourth-order valence-electron chi connectivity index (χ4n) is 1.68. The molecule has 2 rings (SSSR count). The van der Waals surface area contributed by atoms with Gasteiger partial charge in [0.2, 0.25) is 0 Å². The Kier molecular flexibility index (Phi) is 2.42. The lowest BCUT2D eigenvalue weighted by Gasteiger charge is -2.09. The Balaban J connectivity index is 2.63. The third-order valence-corrected chi connectivity index (χ3v) is 2.62. The van der Waals surface area contributed by atoms with Crippen LogP contribution in [-0.4, -0.2) is 4.98 Å². The molecule has 0 unspecified atom stereocenters. The molecule has 76 valence electrons. The predicted octanol–water partition coefficient (Wildman–Crippen LogP) is 2.95. The van der Waals surface area contributed by atoms with E-state index in [0.29, 0.717) is 5.82 Å². The molecule has 0 aliphatic carbocycles. The number of rotatable bonds is 1. The van der Waals surface area contributed by atoms with Crippen molar-refractivity contribution in [1.29, 1.82) is 0 Å². The Morgan fingerprint density at radius 1 is 1.07 bits per heavy atom. The first-order chi connectivity index (χ1) is 7.18. The number of nitrogens with zero attached hydrogens (tertiary/aromatic N) is 1. The molecular weight excluding hydrogens is 184 g/mol. The zero-order chi connectivity index (χ0) is 10.8. The first kappa shape index (κ1) is 9.71. The lowest BCUT2D eigenvalue weighted by Crippen LogP contribution is -1.97. The largest absolute Gasteiger partial charge is 0.384 e. The van der Waals surface area contributed by atoms with E-state index in [4.69, 9.17) is 5.73 Å². The maximum absolute atomic E-state index is 5.75. The minimum Gasteiger partial charge on any atom is -0.384 e. The fraction of sp³-hybridized carbons (Fsp3) is 0.154. The highest BCUT2D eigenvalue weighted by atomic mass is 14.8. The van der Waals surface area contributed by atoms with Crippen molar-refractivity contribution in [3.63, 3.8) is 0 Å². The van der Waals surface area contributed by atoms with Crippen molar-refractivity contribution in [3.05, 3.63) is 47.7 Å². The molecule has 1 aromatic heterocycles. The summed E-state index contributed by atoms with van der Waals surface area (Å²) in [7, 11) is 0. The molecule has 0 aliphatic rings. The lowest BCUT2D eigenvalue weighted by atomic mass is 10.0. The predicted molar refractivity (Wildman–Crippen MR) is 63.6 cm³/mol. The average molecular weight is 198 g/mol. The van der Waals surface area contributed by atoms with Crippen molar-refractivity contribution in [2.24, 2.45) is 0 Å². The molecule has 0 saturated carbocycles. The van der Waals surface area contributed by atoms with Crippen LogP contribution < -0.4 is 5.73 Å². The smallest absolute Gasteiger partial charge is 0.124 e. The second-order valence-electron chi connectivity index (χ2n) is 3.67. The molecule has 0 atom stereocenters. The van der Waals surface area contributed by atoms with Crippen LogP contribution in [0.5, 0.6) is 0 Å². The number of nitrogens with two attached hydrogens (primary N) is 1. The van der Waals surface area contributed by atoms with Gasteiger partial charge in [-0.05, 0) is 36.6 Å². The van der Waals surface area contributed by atoms with E-state index in [2.05, 4.69) is 24.0 Å². The normalized spacial score (nSPS) is 10.3. The van der Waals surface area contributed by atoms with Crippen molar-refractivity contribution in [1.82, 2.24) is 4.98 Å². The maximum atomic E-state index is 5.75. The molecule has 0 fully saturated rings. The highest BCUT2D eigenvalue weighted by molar-refractivity contribution is 5.70. The van der Waals surface area contributed by atoms with E-state index in [9.17, 15) is 0 Å². The summed E-state index contributed by atoms with van der Waals surface area (Å²) in [6, 6.07) is 12.2. The van der Waals surface area contributed by atoms with Crippen LogP contribution in [0.15, 0.2) is 36.4 Å². The van der Waals surface area contributed by atoms with Crippen LogP contribution in [0.1, 0.15) is 11.3 Å². The number of nitrogen functional groups attached to an aromatic ring is 1. The van der Waals surface area contributed by atoms with Gasteiger partial charge in [0.25, 0.3) is 0 Å². The third-order valence-electron chi connectivity index (χ3n) is 2.62. The first-order valence-corrected chi connectivity index (χ1v) is 4.97. The number of anilines is 1. The Morgan fingerprint density at radius 2 is 1.73 bits per heavy atom. The summed E-state index contributed by atoms with van der Waals surface area (Å²) in [6.07, 6.45) is 0. The summed E-state index contributed by atoms with van der Waals surface area (Å²) < 4.78 is 0. The summed E-state index contributed by atoms with van der Waals surface area (Å²) in [5.74, 6) is 0.581. The van der Waals surface area contributed by atoms with E-state index in [1.54, 1.807) is 0 Å². The van der Waals surface area contributed by atoms with Gasteiger partial charge in [0, 0.05) is 5.69 Å². The molecule has 2 N–H and O–H groups in total. The number of aromatic nitrogens is 1. The van der Waals surface area contributed by atoms with Gasteiger partial charge in [-0.3, -0.25) is 0 Å². The minimum atomic E-state index is 0.581. The summed E-state index contributed by atoms with van der Waals surface area (Å²) in [5, 5.41) is 0. The maximum Gasteiger partial charge on any atom is 0.124 e. The van der Waals surface area contributed by atoms with Crippen LogP contribution in [0.4, 0.5) is 5.82 Å². The van der Waals surface area contributed by atoms with Crippen LogP contribution >= 0.6 is 0 Å². The number of pyridine rings is 1. The summed E-state index contributed by atoms with van der Waals surface area (Å²) in [4.78, 5) is 4.24. The standard InChI is InChI=1S/C13H14N2/c1-9-10(2)15-13(14)8-12(9)11-6-4-3-5-7-11/h3-8H,1-2H3,(H2,14,15). The summed E-state index contributed by atoms with van der Waals surface area (Å²) in [6.45, 7) is 4.06. The van der Waals surface area contributed by atoms with E-state index >= 15 is 0 Å². The molecule has 1 heterocycles. The van der Waals surface area contributed by atoms with Gasteiger partial charge in [0.05, 0.1) is 0 Å². The zero-order valence-corrected chi connectivity index (χ0v) is 8.99. The van der Waals surface area contributed by atoms with Crippen molar-refractivity contribution in [2.75, 3.05) is 5.73 Å². The quantitative estimate of drug-likeness (QED) is 0.765. The SMILES string of the molecule is Cc1nc(N)cc(-c2ccccc2)c1C. The van der Waals surface area contributed by atoms with E-state index in [-0.39, 0.29) is 0 Å². The highest BCUT2D eigenvalue weighted by Crippen LogP contribution is 2.25. The summed E-state index contributed by atoms with van der Waals surface area (Å²) in [5.41, 5.74) is 10.3. The minimum absolute atomic E-state index is 0.581. The zero-order valence-electron chi connectivity index (χ0n) is 8.99. The number of hydrogen-bond donors (Lipinski definition) is 1.